The lowest BCUT2D eigenvalue weighted by atomic mass is 9.94. The highest BCUT2D eigenvalue weighted by Gasteiger charge is 2.29. The molecule has 0 aromatic carbocycles. The minimum atomic E-state index is 0.123. The van der Waals surface area contributed by atoms with Crippen LogP contribution < -0.4 is 11.3 Å². The van der Waals surface area contributed by atoms with Crippen molar-refractivity contribution in [1.82, 2.24) is 10.3 Å². The highest BCUT2D eigenvalue weighted by atomic mass is 15.3. The molecule has 0 amide bonds. The van der Waals surface area contributed by atoms with Gasteiger partial charge in [-0.1, -0.05) is 13.8 Å². The molecule has 0 aliphatic rings. The zero-order valence-electron chi connectivity index (χ0n) is 9.02. The van der Waals surface area contributed by atoms with Crippen molar-refractivity contribution >= 4 is 0 Å². The van der Waals surface area contributed by atoms with E-state index in [2.05, 4.69) is 44.9 Å². The van der Waals surface area contributed by atoms with Crippen LogP contribution in [-0.4, -0.2) is 29.6 Å². The Hall–Kier alpha value is -0.120. The van der Waals surface area contributed by atoms with E-state index in [-0.39, 0.29) is 5.54 Å². The average molecular weight is 173 g/mol. The van der Waals surface area contributed by atoms with E-state index >= 15 is 0 Å². The molecule has 0 aromatic heterocycles. The topological polar surface area (TPSA) is 41.3 Å². The largest absolute Gasteiger partial charge is 0.297 e. The Morgan fingerprint density at radius 2 is 1.75 bits per heavy atom. The molecule has 0 spiro atoms. The van der Waals surface area contributed by atoms with Gasteiger partial charge in [0.05, 0.1) is 0 Å². The number of hydrogen-bond donors (Lipinski definition) is 2. The molecule has 0 rings (SSSR count). The van der Waals surface area contributed by atoms with Crippen molar-refractivity contribution in [3.05, 3.63) is 0 Å². The normalized spacial score (nSPS) is 15.2. The Morgan fingerprint density at radius 3 is 2.00 bits per heavy atom. The van der Waals surface area contributed by atoms with Gasteiger partial charge < -0.3 is 0 Å². The Labute approximate surface area is 76.3 Å². The molecule has 0 bridgehead atoms. The molecular formula is C9H23N3. The van der Waals surface area contributed by atoms with Gasteiger partial charge in [0.1, 0.15) is 0 Å². The second-order valence-corrected chi connectivity index (χ2v) is 3.71. The summed E-state index contributed by atoms with van der Waals surface area (Å²) in [6.45, 7) is 13.0. The van der Waals surface area contributed by atoms with E-state index in [0.717, 1.165) is 13.1 Å². The predicted molar refractivity (Wildman–Crippen MR) is 53.8 cm³/mol. The molecule has 3 heteroatoms. The van der Waals surface area contributed by atoms with E-state index in [1.165, 1.54) is 0 Å². The van der Waals surface area contributed by atoms with Crippen LogP contribution in [0.25, 0.3) is 0 Å². The predicted octanol–water partition coefficient (Wildman–Crippen LogP) is 0.959. The molecule has 1 atom stereocenters. The quantitative estimate of drug-likeness (QED) is 0.480. The maximum Gasteiger partial charge on any atom is 0.0361 e. The summed E-state index contributed by atoms with van der Waals surface area (Å²) in [5.41, 5.74) is 2.94. The number of nitrogens with one attached hydrogen (secondary N) is 1. The van der Waals surface area contributed by atoms with E-state index in [1.54, 1.807) is 0 Å². The van der Waals surface area contributed by atoms with Gasteiger partial charge in [-0.2, -0.15) is 0 Å². The van der Waals surface area contributed by atoms with Crippen LogP contribution >= 0.6 is 0 Å². The number of hydrazine groups is 1. The third-order valence-electron chi connectivity index (χ3n) is 2.89. The highest BCUT2D eigenvalue weighted by Crippen LogP contribution is 2.17. The minimum absolute atomic E-state index is 0.123. The van der Waals surface area contributed by atoms with Gasteiger partial charge in [0.2, 0.25) is 0 Å². The molecule has 74 valence electrons. The summed E-state index contributed by atoms with van der Waals surface area (Å²) >= 11 is 0. The summed E-state index contributed by atoms with van der Waals surface area (Å²) < 4.78 is 0. The van der Waals surface area contributed by atoms with Crippen molar-refractivity contribution in [2.45, 2.75) is 46.2 Å². The average Bonchev–Trinajstić information content (AvgIpc) is 2.04. The highest BCUT2D eigenvalue weighted by molar-refractivity contribution is 4.88. The van der Waals surface area contributed by atoms with Crippen LogP contribution in [0.2, 0.25) is 0 Å². The molecule has 1 unspecified atom stereocenters. The second-order valence-electron chi connectivity index (χ2n) is 3.71. The van der Waals surface area contributed by atoms with E-state index in [4.69, 9.17) is 5.84 Å². The van der Waals surface area contributed by atoms with E-state index < -0.39 is 0 Å². The first kappa shape index (κ1) is 11.9. The Balaban J connectivity index is 4.33. The standard InChI is InChI=1S/C9H23N3/c1-6-12(7-2)9(4,5)8(3)11-10/h8,11H,6-7,10H2,1-5H3. The van der Waals surface area contributed by atoms with Crippen molar-refractivity contribution in [2.24, 2.45) is 5.84 Å². The van der Waals surface area contributed by atoms with Crippen LogP contribution in [0.5, 0.6) is 0 Å². The fourth-order valence-electron chi connectivity index (χ4n) is 1.52. The van der Waals surface area contributed by atoms with E-state index in [1.807, 2.05) is 0 Å². The van der Waals surface area contributed by atoms with Gasteiger partial charge >= 0.3 is 0 Å². The summed E-state index contributed by atoms with van der Waals surface area (Å²) in [7, 11) is 0. The molecule has 3 nitrogen and oxygen atoms in total. The van der Waals surface area contributed by atoms with Gasteiger partial charge in [0.15, 0.2) is 0 Å². The van der Waals surface area contributed by atoms with Crippen molar-refractivity contribution < 1.29 is 0 Å². The van der Waals surface area contributed by atoms with Crippen LogP contribution in [0.15, 0.2) is 0 Å². The van der Waals surface area contributed by atoms with Crippen LogP contribution in [0.4, 0.5) is 0 Å². The molecule has 0 aromatic rings. The van der Waals surface area contributed by atoms with Crippen molar-refractivity contribution in [3.63, 3.8) is 0 Å². The minimum Gasteiger partial charge on any atom is -0.297 e. The van der Waals surface area contributed by atoms with Gasteiger partial charge in [-0.25, -0.2) is 0 Å². The number of hydrogen-bond acceptors (Lipinski definition) is 3. The molecule has 0 saturated carbocycles. The third kappa shape index (κ3) is 2.44. The first-order chi connectivity index (χ1) is 5.50. The Morgan fingerprint density at radius 1 is 1.33 bits per heavy atom. The SMILES string of the molecule is CCN(CC)C(C)(C)C(C)NN. The second kappa shape index (κ2) is 4.80. The Kier molecular flexibility index (Phi) is 4.75. The van der Waals surface area contributed by atoms with Crippen LogP contribution in [0.1, 0.15) is 34.6 Å². The number of likely N-dealkylation sites (N-methyl/N-ethyl adjacent to an activating group) is 1. The molecule has 0 radical (unpaired) electrons. The molecule has 0 aliphatic carbocycles. The molecular weight excluding hydrogens is 150 g/mol. The molecule has 3 N–H and O–H groups in total. The summed E-state index contributed by atoms with van der Waals surface area (Å²) in [4.78, 5) is 2.40. The van der Waals surface area contributed by atoms with Crippen LogP contribution in [0, 0.1) is 0 Å². The number of nitrogens with two attached hydrogens (primary N) is 1. The zero-order valence-corrected chi connectivity index (χ0v) is 9.02. The number of nitrogens with zero attached hydrogens (tertiary/aromatic N) is 1. The molecule has 0 saturated heterocycles. The van der Waals surface area contributed by atoms with Gasteiger partial charge in [-0.3, -0.25) is 16.2 Å². The first-order valence-electron chi connectivity index (χ1n) is 4.71. The smallest absolute Gasteiger partial charge is 0.0361 e. The maximum atomic E-state index is 5.43. The van der Waals surface area contributed by atoms with E-state index in [9.17, 15) is 0 Å². The van der Waals surface area contributed by atoms with Crippen LogP contribution in [-0.2, 0) is 0 Å². The lowest BCUT2D eigenvalue weighted by Gasteiger charge is -2.41. The summed E-state index contributed by atoms with van der Waals surface area (Å²) in [6, 6.07) is 0.303. The van der Waals surface area contributed by atoms with Crippen molar-refractivity contribution in [3.8, 4) is 0 Å². The fourth-order valence-corrected chi connectivity index (χ4v) is 1.52. The summed E-state index contributed by atoms with van der Waals surface area (Å²) in [5.74, 6) is 5.43. The summed E-state index contributed by atoms with van der Waals surface area (Å²) in [5, 5.41) is 0. The van der Waals surface area contributed by atoms with Crippen molar-refractivity contribution in [1.29, 1.82) is 0 Å². The zero-order chi connectivity index (χ0) is 9.78. The monoisotopic (exact) mass is 173 g/mol. The lowest BCUT2D eigenvalue weighted by Crippen LogP contribution is -2.57. The fraction of sp³-hybridized carbons (Fsp3) is 1.00. The van der Waals surface area contributed by atoms with Gasteiger partial charge in [0, 0.05) is 11.6 Å². The summed E-state index contributed by atoms with van der Waals surface area (Å²) in [6.07, 6.45) is 0. The molecule has 12 heavy (non-hydrogen) atoms. The van der Waals surface area contributed by atoms with Crippen LogP contribution in [0.3, 0.4) is 0 Å². The lowest BCUT2D eigenvalue weighted by molar-refractivity contribution is 0.0983. The van der Waals surface area contributed by atoms with Gasteiger partial charge in [0.25, 0.3) is 0 Å². The first-order valence-corrected chi connectivity index (χ1v) is 4.71. The third-order valence-corrected chi connectivity index (χ3v) is 2.89. The maximum absolute atomic E-state index is 5.43. The van der Waals surface area contributed by atoms with E-state index in [0.29, 0.717) is 6.04 Å². The van der Waals surface area contributed by atoms with Crippen molar-refractivity contribution in [2.75, 3.05) is 13.1 Å². The molecule has 0 heterocycles. The number of rotatable bonds is 5. The molecule has 0 aliphatic heterocycles. The Bertz CT molecular complexity index is 119. The molecule has 0 fully saturated rings. The van der Waals surface area contributed by atoms with Gasteiger partial charge in [-0.15, -0.1) is 0 Å². The van der Waals surface area contributed by atoms with Gasteiger partial charge in [-0.05, 0) is 33.9 Å².